The van der Waals surface area contributed by atoms with Crippen LogP contribution in [-0.2, 0) is 16.0 Å². The van der Waals surface area contributed by atoms with Crippen LogP contribution in [0.1, 0.15) is 24.8 Å². The van der Waals surface area contributed by atoms with Gasteiger partial charge in [-0.3, -0.25) is 0 Å². The minimum Gasteiger partial charge on any atom is -0.444 e. The molecular weight excluding hydrogens is 456 g/mol. The molecule has 2 N–H and O–H groups in total. The Balaban J connectivity index is 1.40. The highest BCUT2D eigenvalue weighted by Gasteiger charge is 2.25. The molecule has 1 atom stereocenters. The molecular formula is C24H29ClN6O3. The molecule has 1 saturated heterocycles. The summed E-state index contributed by atoms with van der Waals surface area (Å²) >= 11 is 6.24. The molecule has 2 aromatic heterocycles. The molecule has 1 unspecified atom stereocenters. The Bertz CT molecular complexity index is 1120. The van der Waals surface area contributed by atoms with Gasteiger partial charge in [0.2, 0.25) is 5.95 Å². The second kappa shape index (κ2) is 11.8. The summed E-state index contributed by atoms with van der Waals surface area (Å²) in [5.41, 5.74) is 1.77. The molecule has 0 spiro atoms. The zero-order valence-corrected chi connectivity index (χ0v) is 19.9. The van der Waals surface area contributed by atoms with E-state index < -0.39 is 6.09 Å². The van der Waals surface area contributed by atoms with E-state index in [9.17, 15) is 4.79 Å². The first-order valence-corrected chi connectivity index (χ1v) is 11.8. The molecule has 1 aliphatic rings. The summed E-state index contributed by atoms with van der Waals surface area (Å²) in [5, 5.41) is 7.56. The maximum atomic E-state index is 12.1. The van der Waals surface area contributed by atoms with Gasteiger partial charge in [-0.15, -0.1) is 0 Å². The summed E-state index contributed by atoms with van der Waals surface area (Å²) in [7, 11) is 1.64. The van der Waals surface area contributed by atoms with E-state index >= 15 is 0 Å². The molecule has 3 aromatic rings. The highest BCUT2D eigenvalue weighted by molar-refractivity contribution is 6.31. The molecule has 180 valence electrons. The highest BCUT2D eigenvalue weighted by Crippen LogP contribution is 2.27. The summed E-state index contributed by atoms with van der Waals surface area (Å²) in [6, 6.07) is 9.54. The summed E-state index contributed by atoms with van der Waals surface area (Å²) in [6.07, 6.45) is 5.40. The van der Waals surface area contributed by atoms with Crippen molar-refractivity contribution in [3.8, 4) is 0 Å². The van der Waals surface area contributed by atoms with Crippen LogP contribution in [0, 0.1) is 0 Å². The number of alkyl carbamates (subject to hydrolysis) is 1. The number of nitrogens with one attached hydrogen (secondary N) is 2. The maximum absolute atomic E-state index is 12.1. The maximum Gasteiger partial charge on any atom is 0.407 e. The van der Waals surface area contributed by atoms with Gasteiger partial charge in [-0.25, -0.2) is 19.7 Å². The molecule has 10 heteroatoms. The van der Waals surface area contributed by atoms with E-state index in [4.69, 9.17) is 21.1 Å². The number of carbonyl (C=O) groups is 1. The first-order valence-electron chi connectivity index (χ1n) is 11.4. The number of carbonyl (C=O) groups excluding carboxylic acids is 1. The molecule has 0 radical (unpaired) electrons. The summed E-state index contributed by atoms with van der Waals surface area (Å²) in [5.74, 6) is 1.32. The molecule has 0 bridgehead atoms. The molecule has 9 nitrogen and oxygen atoms in total. The number of methoxy groups -OCH3 is 1. The molecule has 3 heterocycles. The van der Waals surface area contributed by atoms with Crippen LogP contribution in [0.15, 0.2) is 42.7 Å². The van der Waals surface area contributed by atoms with E-state index in [0.29, 0.717) is 37.2 Å². The predicted molar refractivity (Wildman–Crippen MR) is 132 cm³/mol. The van der Waals surface area contributed by atoms with Crippen molar-refractivity contribution in [1.82, 2.24) is 20.3 Å². The lowest BCUT2D eigenvalue weighted by atomic mass is 10.1. The van der Waals surface area contributed by atoms with E-state index in [-0.39, 0.29) is 6.10 Å². The normalized spacial score (nSPS) is 15.8. The number of rotatable bonds is 9. The van der Waals surface area contributed by atoms with Gasteiger partial charge >= 0.3 is 6.09 Å². The predicted octanol–water partition coefficient (Wildman–Crippen LogP) is 4.02. The Morgan fingerprint density at radius 2 is 2.15 bits per heavy atom. The van der Waals surface area contributed by atoms with Crippen molar-refractivity contribution in [3.63, 3.8) is 0 Å². The van der Waals surface area contributed by atoms with Crippen molar-refractivity contribution < 1.29 is 14.3 Å². The molecule has 0 saturated carbocycles. The van der Waals surface area contributed by atoms with Crippen molar-refractivity contribution in [1.29, 1.82) is 0 Å². The minimum absolute atomic E-state index is 0.203. The van der Waals surface area contributed by atoms with Crippen LogP contribution in [-0.4, -0.2) is 60.5 Å². The lowest BCUT2D eigenvalue weighted by molar-refractivity contribution is 0.0875. The Morgan fingerprint density at radius 1 is 1.26 bits per heavy atom. The third kappa shape index (κ3) is 6.24. The van der Waals surface area contributed by atoms with Crippen molar-refractivity contribution in [2.75, 3.05) is 43.6 Å². The molecule has 1 amide bonds. The topological polar surface area (TPSA) is 102 Å². The van der Waals surface area contributed by atoms with Gasteiger partial charge in [0.1, 0.15) is 11.9 Å². The van der Waals surface area contributed by atoms with Gasteiger partial charge in [0.15, 0.2) is 0 Å². The Labute approximate surface area is 203 Å². The number of nitrogens with zero attached hydrogens (tertiary/aromatic N) is 4. The van der Waals surface area contributed by atoms with Crippen LogP contribution in [0.3, 0.4) is 0 Å². The van der Waals surface area contributed by atoms with Crippen LogP contribution >= 0.6 is 11.6 Å². The number of benzene rings is 1. The molecule has 4 rings (SSSR count). The van der Waals surface area contributed by atoms with Crippen molar-refractivity contribution in [3.05, 3.63) is 53.3 Å². The quantitative estimate of drug-likeness (QED) is 0.439. The largest absolute Gasteiger partial charge is 0.444 e. The fourth-order valence-electron chi connectivity index (χ4n) is 3.92. The van der Waals surface area contributed by atoms with Crippen LogP contribution < -0.4 is 15.5 Å². The fourth-order valence-corrected chi connectivity index (χ4v) is 4.12. The van der Waals surface area contributed by atoms with Crippen molar-refractivity contribution in [2.24, 2.45) is 0 Å². The lowest BCUT2D eigenvalue weighted by Gasteiger charge is -2.33. The van der Waals surface area contributed by atoms with E-state index in [1.807, 2.05) is 30.3 Å². The number of halogens is 1. The van der Waals surface area contributed by atoms with Gasteiger partial charge in [-0.1, -0.05) is 29.8 Å². The minimum atomic E-state index is -0.397. The van der Waals surface area contributed by atoms with E-state index in [1.54, 1.807) is 19.5 Å². The highest BCUT2D eigenvalue weighted by atomic mass is 35.5. The van der Waals surface area contributed by atoms with Crippen molar-refractivity contribution >= 4 is 40.4 Å². The van der Waals surface area contributed by atoms with Gasteiger partial charge in [-0.05, 0) is 37.0 Å². The number of hydrogen-bond donors (Lipinski definition) is 2. The molecule has 1 aliphatic heterocycles. The number of hydrogen-bond acceptors (Lipinski definition) is 8. The van der Waals surface area contributed by atoms with Gasteiger partial charge in [0, 0.05) is 50.8 Å². The number of anilines is 2. The lowest BCUT2D eigenvalue weighted by Crippen LogP contribution is -2.42. The van der Waals surface area contributed by atoms with Crippen LogP contribution in [0.25, 0.3) is 10.9 Å². The zero-order chi connectivity index (χ0) is 23.8. The standard InChI is InChI=1S/C24H29ClN6O3/c1-33-13-5-10-27-24(32)34-18-7-4-12-31(16-18)22-19-15-29-23(30-21(19)9-11-26-22)28-14-17-6-2-3-8-20(17)25/h2-3,6,8-9,11,15,18H,4-5,7,10,12-14,16H2,1H3,(H,27,32)(H,28,29,30). The van der Waals surface area contributed by atoms with E-state index in [2.05, 4.69) is 30.5 Å². The average molecular weight is 485 g/mol. The second-order valence-electron chi connectivity index (χ2n) is 8.09. The Morgan fingerprint density at radius 3 is 3.00 bits per heavy atom. The second-order valence-corrected chi connectivity index (χ2v) is 8.50. The van der Waals surface area contributed by atoms with Crippen LogP contribution in [0.2, 0.25) is 5.02 Å². The number of pyridine rings is 1. The molecule has 34 heavy (non-hydrogen) atoms. The SMILES string of the molecule is COCCCNC(=O)OC1CCCN(c2nccc3nc(NCc4ccccc4Cl)ncc23)C1. The van der Waals surface area contributed by atoms with E-state index in [0.717, 1.165) is 48.1 Å². The van der Waals surface area contributed by atoms with Gasteiger partial charge in [-0.2, -0.15) is 0 Å². The Kier molecular flexibility index (Phi) is 8.32. The van der Waals surface area contributed by atoms with Gasteiger partial charge in [0.05, 0.1) is 17.4 Å². The number of ether oxygens (including phenoxy) is 2. The molecule has 1 fully saturated rings. The number of piperidine rings is 1. The van der Waals surface area contributed by atoms with Crippen LogP contribution in [0.4, 0.5) is 16.6 Å². The number of fused-ring (bicyclic) bond motifs is 1. The summed E-state index contributed by atoms with van der Waals surface area (Å²) in [6.45, 7) is 3.06. The number of aromatic nitrogens is 3. The van der Waals surface area contributed by atoms with Gasteiger partial charge < -0.3 is 25.0 Å². The molecule has 1 aromatic carbocycles. The third-order valence-electron chi connectivity index (χ3n) is 5.63. The smallest absolute Gasteiger partial charge is 0.407 e. The summed E-state index contributed by atoms with van der Waals surface area (Å²) < 4.78 is 10.6. The van der Waals surface area contributed by atoms with Gasteiger partial charge in [0.25, 0.3) is 0 Å². The first kappa shape index (κ1) is 24.0. The fraction of sp³-hybridized carbons (Fsp3) is 0.417. The monoisotopic (exact) mass is 484 g/mol. The third-order valence-corrected chi connectivity index (χ3v) is 6.00. The van der Waals surface area contributed by atoms with E-state index in [1.165, 1.54) is 0 Å². The number of amides is 1. The average Bonchev–Trinajstić information content (AvgIpc) is 2.86. The summed E-state index contributed by atoms with van der Waals surface area (Å²) in [4.78, 5) is 28.0. The Hall–Kier alpha value is -3.17. The van der Waals surface area contributed by atoms with Crippen LogP contribution in [0.5, 0.6) is 0 Å². The zero-order valence-electron chi connectivity index (χ0n) is 19.2. The first-order chi connectivity index (χ1) is 16.6. The van der Waals surface area contributed by atoms with Crippen molar-refractivity contribution in [2.45, 2.75) is 31.9 Å². The molecule has 0 aliphatic carbocycles.